The van der Waals surface area contributed by atoms with Crippen LogP contribution in [0.4, 0.5) is 0 Å². The van der Waals surface area contributed by atoms with Crippen LogP contribution in [0.1, 0.15) is 22.6 Å². The maximum absolute atomic E-state index is 11.8. The summed E-state index contributed by atoms with van der Waals surface area (Å²) in [6, 6.07) is 0. The first-order valence-corrected chi connectivity index (χ1v) is 5.39. The summed E-state index contributed by atoms with van der Waals surface area (Å²) in [6.45, 7) is 0.0157. The third kappa shape index (κ3) is 1.66. The molecule has 1 unspecified atom stereocenters. The van der Waals surface area contributed by atoms with Crippen molar-refractivity contribution < 1.29 is 14.3 Å². The topological polar surface area (TPSA) is 92.0 Å². The minimum Gasteiger partial charge on any atom is -0.440 e. The zero-order chi connectivity index (χ0) is 11.8. The zero-order valence-electron chi connectivity index (χ0n) is 9.01. The van der Waals surface area contributed by atoms with Crippen molar-refractivity contribution in [1.29, 1.82) is 0 Å². The van der Waals surface area contributed by atoms with Crippen molar-refractivity contribution >= 4 is 5.78 Å². The molecule has 0 aliphatic heterocycles. The standard InChI is InChI=1S/C11H11N3O3/c15-4-6-1-7-10(8(16)2-6)14-11(13-7)9-3-12-5-17-9/h3,5-6,15H,1-2,4H2,(H,13,14). The molecule has 2 heterocycles. The summed E-state index contributed by atoms with van der Waals surface area (Å²) in [6.07, 6.45) is 3.84. The first kappa shape index (κ1) is 10.2. The van der Waals surface area contributed by atoms with E-state index in [0.717, 1.165) is 5.69 Å². The van der Waals surface area contributed by atoms with Gasteiger partial charge in [0.2, 0.25) is 0 Å². The molecule has 1 aliphatic carbocycles. The highest BCUT2D eigenvalue weighted by Gasteiger charge is 2.28. The van der Waals surface area contributed by atoms with Gasteiger partial charge >= 0.3 is 0 Å². The van der Waals surface area contributed by atoms with Gasteiger partial charge in [-0.2, -0.15) is 0 Å². The fourth-order valence-electron chi connectivity index (χ4n) is 2.09. The average molecular weight is 233 g/mol. The number of nitrogens with one attached hydrogen (secondary N) is 1. The minimum absolute atomic E-state index is 0.0157. The Balaban J connectivity index is 2.00. The lowest BCUT2D eigenvalue weighted by Gasteiger charge is -2.17. The number of rotatable bonds is 2. The van der Waals surface area contributed by atoms with Gasteiger partial charge in [-0.1, -0.05) is 0 Å². The van der Waals surface area contributed by atoms with Crippen molar-refractivity contribution in [3.05, 3.63) is 24.0 Å². The van der Waals surface area contributed by atoms with Crippen molar-refractivity contribution in [1.82, 2.24) is 15.0 Å². The number of aliphatic hydroxyl groups is 1. The summed E-state index contributed by atoms with van der Waals surface area (Å²) < 4.78 is 5.12. The number of carbonyl (C=O) groups excluding carboxylic acids is 1. The van der Waals surface area contributed by atoms with E-state index in [2.05, 4.69) is 15.0 Å². The Hall–Kier alpha value is -1.95. The lowest BCUT2D eigenvalue weighted by atomic mass is 9.90. The van der Waals surface area contributed by atoms with Gasteiger partial charge in [0, 0.05) is 18.7 Å². The van der Waals surface area contributed by atoms with Crippen molar-refractivity contribution in [2.45, 2.75) is 12.8 Å². The number of imidazole rings is 1. The number of ketones is 1. The summed E-state index contributed by atoms with van der Waals surface area (Å²) in [5, 5.41) is 9.11. The second-order valence-electron chi connectivity index (χ2n) is 4.16. The van der Waals surface area contributed by atoms with Crippen LogP contribution < -0.4 is 0 Å². The average Bonchev–Trinajstić information content (AvgIpc) is 2.96. The van der Waals surface area contributed by atoms with E-state index in [9.17, 15) is 4.79 Å². The maximum atomic E-state index is 11.8. The Morgan fingerprint density at radius 1 is 1.53 bits per heavy atom. The number of aliphatic hydroxyl groups excluding tert-OH is 1. The molecule has 1 aliphatic rings. The summed E-state index contributed by atoms with van der Waals surface area (Å²) in [5.41, 5.74) is 1.23. The molecule has 6 nitrogen and oxygen atoms in total. The number of aromatic amines is 1. The quantitative estimate of drug-likeness (QED) is 0.800. The van der Waals surface area contributed by atoms with E-state index >= 15 is 0 Å². The monoisotopic (exact) mass is 233 g/mol. The molecular formula is C11H11N3O3. The summed E-state index contributed by atoms with van der Waals surface area (Å²) >= 11 is 0. The molecule has 17 heavy (non-hydrogen) atoms. The molecule has 0 saturated carbocycles. The summed E-state index contributed by atoms with van der Waals surface area (Å²) in [4.78, 5) is 22.9. The van der Waals surface area contributed by atoms with Crippen LogP contribution in [-0.2, 0) is 6.42 Å². The van der Waals surface area contributed by atoms with Gasteiger partial charge in [0.15, 0.2) is 23.8 Å². The second-order valence-corrected chi connectivity index (χ2v) is 4.16. The highest BCUT2D eigenvalue weighted by atomic mass is 16.3. The van der Waals surface area contributed by atoms with Crippen LogP contribution in [0.2, 0.25) is 0 Å². The molecule has 0 fully saturated rings. The number of nitrogens with zero attached hydrogens (tertiary/aromatic N) is 2. The van der Waals surface area contributed by atoms with Gasteiger partial charge in [-0.05, 0) is 12.3 Å². The van der Waals surface area contributed by atoms with Crippen LogP contribution in [0.15, 0.2) is 17.0 Å². The zero-order valence-corrected chi connectivity index (χ0v) is 9.01. The molecule has 2 aromatic heterocycles. The Labute approximate surface area is 96.7 Å². The largest absolute Gasteiger partial charge is 0.440 e. The van der Waals surface area contributed by atoms with Gasteiger partial charge in [0.05, 0.1) is 6.20 Å². The Morgan fingerprint density at radius 3 is 3.12 bits per heavy atom. The predicted molar refractivity (Wildman–Crippen MR) is 57.3 cm³/mol. The van der Waals surface area contributed by atoms with Crippen molar-refractivity contribution in [3.63, 3.8) is 0 Å². The third-order valence-corrected chi connectivity index (χ3v) is 2.93. The number of carbonyl (C=O) groups is 1. The molecule has 2 N–H and O–H groups in total. The fourth-order valence-corrected chi connectivity index (χ4v) is 2.09. The van der Waals surface area contributed by atoms with Gasteiger partial charge in [-0.25, -0.2) is 9.97 Å². The van der Waals surface area contributed by atoms with Crippen LogP contribution in [0.5, 0.6) is 0 Å². The number of aromatic nitrogens is 3. The number of H-pyrrole nitrogens is 1. The van der Waals surface area contributed by atoms with Gasteiger partial charge in [-0.3, -0.25) is 4.79 Å². The lowest BCUT2D eigenvalue weighted by Crippen LogP contribution is -2.22. The normalized spacial score (nSPS) is 19.4. The fraction of sp³-hybridized carbons (Fsp3) is 0.364. The SMILES string of the molecule is O=C1CC(CO)Cc2[nH]c(-c3cnco3)nc21. The number of fused-ring (bicyclic) bond motifs is 1. The smallest absolute Gasteiger partial charge is 0.189 e. The molecule has 2 aromatic rings. The van der Waals surface area contributed by atoms with E-state index < -0.39 is 0 Å². The summed E-state index contributed by atoms with van der Waals surface area (Å²) in [5.74, 6) is 0.970. The van der Waals surface area contributed by atoms with Crippen LogP contribution in [0.25, 0.3) is 11.6 Å². The summed E-state index contributed by atoms with van der Waals surface area (Å²) in [7, 11) is 0. The maximum Gasteiger partial charge on any atom is 0.189 e. The molecule has 0 spiro atoms. The van der Waals surface area contributed by atoms with E-state index in [4.69, 9.17) is 9.52 Å². The molecule has 88 valence electrons. The van der Waals surface area contributed by atoms with Crippen LogP contribution in [0.3, 0.4) is 0 Å². The molecule has 0 amide bonds. The van der Waals surface area contributed by atoms with E-state index in [1.807, 2.05) is 0 Å². The first-order valence-electron chi connectivity index (χ1n) is 5.39. The van der Waals surface area contributed by atoms with Crippen molar-refractivity contribution in [2.75, 3.05) is 6.61 Å². The Bertz CT molecular complexity index is 544. The number of hydrogen-bond acceptors (Lipinski definition) is 5. The molecule has 0 bridgehead atoms. The van der Waals surface area contributed by atoms with Crippen LogP contribution in [-0.4, -0.2) is 32.4 Å². The molecule has 6 heteroatoms. The highest BCUT2D eigenvalue weighted by Crippen LogP contribution is 2.26. The number of Topliss-reactive ketones (excluding diaryl/α,β-unsaturated/α-hetero) is 1. The molecule has 0 saturated heterocycles. The molecule has 1 atom stereocenters. The van der Waals surface area contributed by atoms with Gasteiger partial charge in [0.1, 0.15) is 5.69 Å². The van der Waals surface area contributed by atoms with E-state index in [1.54, 1.807) is 0 Å². The van der Waals surface area contributed by atoms with Gasteiger partial charge in [0.25, 0.3) is 0 Å². The van der Waals surface area contributed by atoms with Gasteiger partial charge in [-0.15, -0.1) is 0 Å². The first-order chi connectivity index (χ1) is 8.28. The predicted octanol–water partition coefficient (Wildman–Crippen LogP) is 0.802. The third-order valence-electron chi connectivity index (χ3n) is 2.93. The van der Waals surface area contributed by atoms with Crippen molar-refractivity contribution in [2.24, 2.45) is 5.92 Å². The molecular weight excluding hydrogens is 222 g/mol. The van der Waals surface area contributed by atoms with Crippen LogP contribution in [0, 0.1) is 5.92 Å². The Kier molecular flexibility index (Phi) is 2.29. The lowest BCUT2D eigenvalue weighted by molar-refractivity contribution is 0.0913. The number of hydrogen-bond donors (Lipinski definition) is 2. The highest BCUT2D eigenvalue weighted by molar-refractivity contribution is 5.97. The molecule has 3 rings (SSSR count). The number of oxazole rings is 1. The molecule has 0 aromatic carbocycles. The minimum atomic E-state index is -0.0349. The van der Waals surface area contributed by atoms with E-state index in [-0.39, 0.29) is 18.3 Å². The van der Waals surface area contributed by atoms with Crippen LogP contribution >= 0.6 is 0 Å². The van der Waals surface area contributed by atoms with Crippen molar-refractivity contribution in [3.8, 4) is 11.6 Å². The molecule has 0 radical (unpaired) electrons. The van der Waals surface area contributed by atoms with E-state index in [1.165, 1.54) is 12.6 Å². The Morgan fingerprint density at radius 2 is 2.41 bits per heavy atom. The van der Waals surface area contributed by atoms with Gasteiger partial charge < -0.3 is 14.5 Å². The van der Waals surface area contributed by atoms with E-state index in [0.29, 0.717) is 30.1 Å². The second kappa shape index (κ2) is 3.81.